The minimum absolute atomic E-state index is 0.197. The fourth-order valence-corrected chi connectivity index (χ4v) is 3.79. The van der Waals surface area contributed by atoms with E-state index < -0.39 is 9.84 Å². The van der Waals surface area contributed by atoms with Gasteiger partial charge in [-0.3, -0.25) is 4.90 Å². The second-order valence-corrected chi connectivity index (χ2v) is 6.06. The quantitative estimate of drug-likeness (QED) is 0.715. The van der Waals surface area contributed by atoms with E-state index in [9.17, 15) is 8.42 Å². The summed E-state index contributed by atoms with van der Waals surface area (Å²) in [5.41, 5.74) is 5.49. The van der Waals surface area contributed by atoms with Crippen molar-refractivity contribution in [2.45, 2.75) is 25.8 Å². The standard InChI is InChI=1S/C9H20N2O2S/c1-2-11(6-5-10)9-4-3-7-14(12,13)8-9/h9H,2-8,10H2,1H3. The molecular weight excluding hydrogens is 200 g/mol. The zero-order chi connectivity index (χ0) is 10.6. The van der Waals surface area contributed by atoms with E-state index in [2.05, 4.69) is 11.8 Å². The van der Waals surface area contributed by atoms with Gasteiger partial charge in [-0.05, 0) is 19.4 Å². The van der Waals surface area contributed by atoms with Crippen molar-refractivity contribution < 1.29 is 8.42 Å². The van der Waals surface area contributed by atoms with E-state index in [0.717, 1.165) is 25.9 Å². The van der Waals surface area contributed by atoms with Crippen LogP contribution in [0.15, 0.2) is 0 Å². The molecule has 1 aliphatic rings. The molecule has 4 nitrogen and oxygen atoms in total. The summed E-state index contributed by atoms with van der Waals surface area (Å²) in [7, 11) is -2.79. The maximum Gasteiger partial charge on any atom is 0.151 e. The number of likely N-dealkylation sites (N-methyl/N-ethyl adjacent to an activating group) is 1. The van der Waals surface area contributed by atoms with Crippen LogP contribution in [0.4, 0.5) is 0 Å². The monoisotopic (exact) mass is 220 g/mol. The summed E-state index contributed by atoms with van der Waals surface area (Å²) in [5.74, 6) is 0.685. The first-order valence-electron chi connectivity index (χ1n) is 5.23. The fourth-order valence-electron chi connectivity index (χ4n) is 2.05. The number of hydrogen-bond donors (Lipinski definition) is 1. The van der Waals surface area contributed by atoms with Crippen LogP contribution in [0.25, 0.3) is 0 Å². The van der Waals surface area contributed by atoms with Crippen LogP contribution in [0.5, 0.6) is 0 Å². The van der Waals surface area contributed by atoms with Crippen LogP contribution in [-0.4, -0.2) is 50.5 Å². The fraction of sp³-hybridized carbons (Fsp3) is 1.00. The van der Waals surface area contributed by atoms with Gasteiger partial charge in [0.25, 0.3) is 0 Å². The Kier molecular flexibility index (Phi) is 4.34. The largest absolute Gasteiger partial charge is 0.329 e. The van der Waals surface area contributed by atoms with Gasteiger partial charge >= 0.3 is 0 Å². The molecule has 0 aromatic heterocycles. The van der Waals surface area contributed by atoms with E-state index in [0.29, 0.717) is 18.1 Å². The van der Waals surface area contributed by atoms with Crippen molar-refractivity contribution in [1.29, 1.82) is 0 Å². The Morgan fingerprint density at radius 2 is 2.21 bits per heavy atom. The lowest BCUT2D eigenvalue weighted by Crippen LogP contribution is -2.45. The first-order chi connectivity index (χ1) is 6.59. The first-order valence-corrected chi connectivity index (χ1v) is 7.05. The van der Waals surface area contributed by atoms with Crippen LogP contribution in [0.1, 0.15) is 19.8 Å². The molecule has 1 fully saturated rings. The molecule has 1 aliphatic heterocycles. The van der Waals surface area contributed by atoms with Crippen LogP contribution in [0.3, 0.4) is 0 Å². The van der Waals surface area contributed by atoms with Gasteiger partial charge < -0.3 is 5.73 Å². The van der Waals surface area contributed by atoms with Crippen molar-refractivity contribution in [3.8, 4) is 0 Å². The van der Waals surface area contributed by atoms with Crippen molar-refractivity contribution in [1.82, 2.24) is 4.90 Å². The van der Waals surface area contributed by atoms with Gasteiger partial charge in [-0.15, -0.1) is 0 Å². The van der Waals surface area contributed by atoms with Crippen LogP contribution in [0.2, 0.25) is 0 Å². The normalized spacial score (nSPS) is 26.6. The van der Waals surface area contributed by atoms with E-state index in [1.54, 1.807) is 0 Å². The molecule has 0 spiro atoms. The van der Waals surface area contributed by atoms with E-state index in [1.165, 1.54) is 0 Å². The summed E-state index contributed by atoms with van der Waals surface area (Å²) >= 11 is 0. The third-order valence-electron chi connectivity index (χ3n) is 2.78. The van der Waals surface area contributed by atoms with Gasteiger partial charge in [0.2, 0.25) is 0 Å². The molecule has 0 amide bonds. The van der Waals surface area contributed by atoms with Crippen LogP contribution in [0, 0.1) is 0 Å². The van der Waals surface area contributed by atoms with E-state index in [-0.39, 0.29) is 6.04 Å². The molecule has 0 bridgehead atoms. The Balaban J connectivity index is 2.57. The summed E-state index contributed by atoms with van der Waals surface area (Å²) in [5, 5.41) is 0. The van der Waals surface area contributed by atoms with Crippen LogP contribution >= 0.6 is 0 Å². The van der Waals surface area contributed by atoms with Gasteiger partial charge in [0.1, 0.15) is 0 Å². The minimum Gasteiger partial charge on any atom is -0.329 e. The van der Waals surface area contributed by atoms with Crippen molar-refractivity contribution in [3.05, 3.63) is 0 Å². The highest BCUT2D eigenvalue weighted by Crippen LogP contribution is 2.17. The maximum absolute atomic E-state index is 11.4. The molecule has 2 N–H and O–H groups in total. The average Bonchev–Trinajstić information content (AvgIpc) is 2.12. The molecular formula is C9H20N2O2S. The van der Waals surface area contributed by atoms with Crippen LogP contribution < -0.4 is 5.73 Å². The minimum atomic E-state index is -2.79. The summed E-state index contributed by atoms with van der Waals surface area (Å²) < 4.78 is 22.9. The van der Waals surface area contributed by atoms with Crippen molar-refractivity contribution in [2.24, 2.45) is 5.73 Å². The average molecular weight is 220 g/mol. The van der Waals surface area contributed by atoms with Crippen molar-refractivity contribution in [2.75, 3.05) is 31.1 Å². The highest BCUT2D eigenvalue weighted by molar-refractivity contribution is 7.91. The van der Waals surface area contributed by atoms with Crippen LogP contribution in [-0.2, 0) is 9.84 Å². The molecule has 1 rings (SSSR count). The van der Waals surface area contributed by atoms with Gasteiger partial charge in [0.15, 0.2) is 9.84 Å². The molecule has 5 heteroatoms. The molecule has 84 valence electrons. The molecule has 1 atom stereocenters. The van der Waals surface area contributed by atoms with Gasteiger partial charge in [-0.1, -0.05) is 6.92 Å². The summed E-state index contributed by atoms with van der Waals surface area (Å²) in [6.07, 6.45) is 1.79. The second kappa shape index (κ2) is 5.09. The summed E-state index contributed by atoms with van der Waals surface area (Å²) in [6.45, 7) is 4.34. The molecule has 0 aliphatic carbocycles. The Morgan fingerprint density at radius 3 is 2.71 bits per heavy atom. The molecule has 0 aromatic carbocycles. The number of sulfone groups is 1. The highest BCUT2D eigenvalue weighted by atomic mass is 32.2. The smallest absolute Gasteiger partial charge is 0.151 e. The number of rotatable bonds is 4. The van der Waals surface area contributed by atoms with Gasteiger partial charge in [-0.2, -0.15) is 0 Å². The molecule has 0 saturated carbocycles. The van der Waals surface area contributed by atoms with Crippen molar-refractivity contribution in [3.63, 3.8) is 0 Å². The highest BCUT2D eigenvalue weighted by Gasteiger charge is 2.27. The lowest BCUT2D eigenvalue weighted by molar-refractivity contribution is 0.213. The van der Waals surface area contributed by atoms with E-state index >= 15 is 0 Å². The van der Waals surface area contributed by atoms with Gasteiger partial charge in [0.05, 0.1) is 11.5 Å². The van der Waals surface area contributed by atoms with Crippen molar-refractivity contribution >= 4 is 9.84 Å². The Hall–Kier alpha value is -0.130. The lowest BCUT2D eigenvalue weighted by Gasteiger charge is -2.32. The Morgan fingerprint density at radius 1 is 1.50 bits per heavy atom. The molecule has 1 heterocycles. The topological polar surface area (TPSA) is 63.4 Å². The van der Waals surface area contributed by atoms with Gasteiger partial charge in [-0.25, -0.2) is 8.42 Å². The molecule has 1 saturated heterocycles. The first kappa shape index (κ1) is 11.9. The summed E-state index contributed by atoms with van der Waals surface area (Å²) in [6, 6.07) is 0.197. The maximum atomic E-state index is 11.4. The second-order valence-electron chi connectivity index (χ2n) is 3.83. The predicted octanol–water partition coefficient (Wildman–Crippen LogP) is -0.156. The Labute approximate surface area is 86.4 Å². The molecule has 0 aromatic rings. The molecule has 0 radical (unpaired) electrons. The SMILES string of the molecule is CCN(CCN)C1CCCS(=O)(=O)C1. The molecule has 14 heavy (non-hydrogen) atoms. The zero-order valence-electron chi connectivity index (χ0n) is 8.78. The summed E-state index contributed by atoms with van der Waals surface area (Å²) in [4.78, 5) is 2.18. The number of nitrogens with zero attached hydrogens (tertiary/aromatic N) is 1. The number of nitrogens with two attached hydrogens (primary N) is 1. The van der Waals surface area contributed by atoms with E-state index in [4.69, 9.17) is 5.73 Å². The zero-order valence-corrected chi connectivity index (χ0v) is 9.59. The lowest BCUT2D eigenvalue weighted by atomic mass is 10.1. The predicted molar refractivity (Wildman–Crippen MR) is 58.0 cm³/mol. The third-order valence-corrected chi connectivity index (χ3v) is 4.58. The van der Waals surface area contributed by atoms with Gasteiger partial charge in [0, 0.05) is 19.1 Å². The number of hydrogen-bond acceptors (Lipinski definition) is 4. The van der Waals surface area contributed by atoms with E-state index in [1.807, 2.05) is 0 Å². The Bertz CT molecular complexity index is 264. The molecule has 1 unspecified atom stereocenters. The third kappa shape index (κ3) is 3.22.